The van der Waals surface area contributed by atoms with E-state index in [0.29, 0.717) is 6.26 Å². The minimum Gasteiger partial charge on any atom is -0.488 e. The van der Waals surface area contributed by atoms with Crippen molar-refractivity contribution in [3.8, 4) is 17.0 Å². The fourth-order valence-electron chi connectivity index (χ4n) is 3.41. The average Bonchev–Trinajstić information content (AvgIpc) is 2.83. The molecule has 0 amide bonds. The molecule has 0 spiro atoms. The highest BCUT2D eigenvalue weighted by molar-refractivity contribution is 8.66. The van der Waals surface area contributed by atoms with E-state index in [-0.39, 0.29) is 40.8 Å². The van der Waals surface area contributed by atoms with Crippen molar-refractivity contribution in [2.75, 3.05) is 11.6 Å². The predicted octanol–water partition coefficient (Wildman–Crippen LogP) is 4.76. The molecule has 198 valence electrons. The lowest BCUT2D eigenvalue weighted by Gasteiger charge is -2.13. The van der Waals surface area contributed by atoms with E-state index in [1.54, 1.807) is 12.1 Å². The van der Waals surface area contributed by atoms with Gasteiger partial charge in [0.05, 0.1) is 18.2 Å². The molecule has 4 rings (SSSR count). The lowest BCUT2D eigenvalue weighted by molar-refractivity contribution is 0.305. The van der Waals surface area contributed by atoms with Gasteiger partial charge in [-0.15, -0.1) is 0 Å². The fourth-order valence-corrected chi connectivity index (χ4v) is 5.25. The van der Waals surface area contributed by atoms with Crippen molar-refractivity contribution in [1.29, 1.82) is 0 Å². The molecule has 0 unspecified atom stereocenters. The van der Waals surface area contributed by atoms with Crippen LogP contribution in [0, 0.1) is 17.5 Å². The third-order valence-electron chi connectivity index (χ3n) is 5.20. The molecule has 8 nitrogen and oxygen atoms in total. The number of aromatic nitrogens is 2. The number of rotatable bonds is 9. The van der Waals surface area contributed by atoms with Crippen LogP contribution in [-0.2, 0) is 30.1 Å². The first-order valence-electron chi connectivity index (χ1n) is 10.9. The Morgan fingerprint density at radius 1 is 0.868 bits per heavy atom. The number of ether oxygens (including phenoxy) is 1. The lowest BCUT2D eigenvalue weighted by Crippen LogP contribution is -2.16. The first-order chi connectivity index (χ1) is 17.9. The second-order valence-corrected chi connectivity index (χ2v) is 14.3. The third-order valence-corrected chi connectivity index (χ3v) is 9.93. The Hall–Kier alpha value is -3.97. The summed E-state index contributed by atoms with van der Waals surface area (Å²) in [4.78, 5) is 7.95. The molecule has 0 aliphatic carbocycles. The summed E-state index contributed by atoms with van der Waals surface area (Å²) in [6, 6.07) is 15.6. The highest BCUT2D eigenvalue weighted by Gasteiger charge is 2.25. The Morgan fingerprint density at radius 3 is 2.32 bits per heavy atom. The Morgan fingerprint density at radius 2 is 1.61 bits per heavy atom. The predicted molar refractivity (Wildman–Crippen MR) is 135 cm³/mol. The van der Waals surface area contributed by atoms with Crippen LogP contribution in [-0.4, -0.2) is 33.1 Å². The molecule has 38 heavy (non-hydrogen) atoms. The van der Waals surface area contributed by atoms with Crippen molar-refractivity contribution in [2.45, 2.75) is 12.4 Å². The van der Waals surface area contributed by atoms with Crippen molar-refractivity contribution in [1.82, 2.24) is 9.97 Å². The summed E-state index contributed by atoms with van der Waals surface area (Å²) in [5.41, 5.74) is 0.538. The lowest BCUT2D eigenvalue weighted by atomic mass is 10.1. The zero-order valence-electron chi connectivity index (χ0n) is 19.7. The van der Waals surface area contributed by atoms with E-state index < -0.39 is 40.9 Å². The standard InChI is InChI=1S/C25H20F3N3O5S2/c1-37(32,33)38(34,35)15-17-9-19(27)11-20(10-17)30-25-29-13-22(28)24(31-25)21-8-7-18(26)12-23(21)36-14-16-5-3-2-4-6-16/h2-13H,14-15H2,1H3,(H,29,30,31). The molecule has 1 aromatic heterocycles. The molecule has 0 saturated heterocycles. The van der Waals surface area contributed by atoms with E-state index in [2.05, 4.69) is 15.3 Å². The summed E-state index contributed by atoms with van der Waals surface area (Å²) in [7, 11) is -9.02. The SMILES string of the molecule is CS(=O)(=O)S(=O)(=O)Cc1cc(F)cc(Nc2ncc(F)c(-c3ccc(F)cc3OCc3ccccc3)n2)c1. The smallest absolute Gasteiger partial charge is 0.257 e. The first kappa shape index (κ1) is 27.1. The number of nitrogens with one attached hydrogen (secondary N) is 1. The molecule has 0 radical (unpaired) electrons. The van der Waals surface area contributed by atoms with E-state index in [4.69, 9.17) is 4.74 Å². The van der Waals surface area contributed by atoms with Gasteiger partial charge >= 0.3 is 0 Å². The zero-order valence-corrected chi connectivity index (χ0v) is 21.4. The van der Waals surface area contributed by atoms with Crippen LogP contribution in [0.1, 0.15) is 11.1 Å². The maximum absolute atomic E-state index is 14.8. The molecule has 0 aliphatic heterocycles. The molecule has 0 fully saturated rings. The fraction of sp³-hybridized carbons (Fsp3) is 0.120. The molecule has 0 bridgehead atoms. The molecular weight excluding hydrogens is 543 g/mol. The molecule has 0 atom stereocenters. The molecule has 3 aromatic carbocycles. The molecular formula is C25H20F3N3O5S2. The van der Waals surface area contributed by atoms with Gasteiger partial charge in [-0.25, -0.2) is 40.0 Å². The van der Waals surface area contributed by atoms with Crippen LogP contribution in [0.3, 0.4) is 0 Å². The molecule has 1 N–H and O–H groups in total. The van der Waals surface area contributed by atoms with Gasteiger partial charge in [-0.2, -0.15) is 0 Å². The highest BCUT2D eigenvalue weighted by atomic mass is 33.2. The van der Waals surface area contributed by atoms with Gasteiger partial charge < -0.3 is 10.1 Å². The van der Waals surface area contributed by atoms with Crippen LogP contribution >= 0.6 is 0 Å². The van der Waals surface area contributed by atoms with Gasteiger partial charge in [0.2, 0.25) is 5.95 Å². The summed E-state index contributed by atoms with van der Waals surface area (Å²) in [5.74, 6) is -3.43. The van der Waals surface area contributed by atoms with Crippen LogP contribution in [0.15, 0.2) is 72.9 Å². The minimum atomic E-state index is -4.59. The number of anilines is 2. The van der Waals surface area contributed by atoms with E-state index in [9.17, 15) is 30.0 Å². The van der Waals surface area contributed by atoms with Gasteiger partial charge in [0.15, 0.2) is 5.82 Å². The second-order valence-electron chi connectivity index (χ2n) is 8.18. The maximum atomic E-state index is 14.8. The van der Waals surface area contributed by atoms with Crippen LogP contribution in [0.5, 0.6) is 5.75 Å². The Bertz CT molecular complexity index is 1700. The van der Waals surface area contributed by atoms with Crippen molar-refractivity contribution < 1.29 is 34.7 Å². The van der Waals surface area contributed by atoms with E-state index in [1.807, 2.05) is 18.2 Å². The number of nitrogens with zero attached hydrogens (tertiary/aromatic N) is 2. The molecule has 0 aliphatic rings. The van der Waals surface area contributed by atoms with Gasteiger partial charge in [0, 0.05) is 17.3 Å². The van der Waals surface area contributed by atoms with Crippen molar-refractivity contribution >= 4 is 29.4 Å². The maximum Gasteiger partial charge on any atom is 0.257 e. The summed E-state index contributed by atoms with van der Waals surface area (Å²) in [5, 5.41) is 2.65. The van der Waals surface area contributed by atoms with E-state index >= 15 is 0 Å². The molecule has 1 heterocycles. The summed E-state index contributed by atoms with van der Waals surface area (Å²) in [6.45, 7) is 0.0809. The van der Waals surface area contributed by atoms with E-state index in [1.165, 1.54) is 12.1 Å². The highest BCUT2D eigenvalue weighted by Crippen LogP contribution is 2.33. The third kappa shape index (κ3) is 6.47. The topological polar surface area (TPSA) is 115 Å². The molecule has 0 saturated carbocycles. The van der Waals surface area contributed by atoms with Crippen LogP contribution in [0.25, 0.3) is 11.3 Å². The van der Waals surface area contributed by atoms with Gasteiger partial charge in [0.25, 0.3) is 17.7 Å². The summed E-state index contributed by atoms with van der Waals surface area (Å²) < 4.78 is 95.7. The van der Waals surface area contributed by atoms with Gasteiger partial charge in [0.1, 0.15) is 29.7 Å². The quantitative estimate of drug-likeness (QED) is 0.290. The number of hydrogen-bond donors (Lipinski definition) is 1. The monoisotopic (exact) mass is 563 g/mol. The van der Waals surface area contributed by atoms with Gasteiger partial charge in [-0.1, -0.05) is 30.3 Å². The Balaban J connectivity index is 1.64. The van der Waals surface area contributed by atoms with Crippen LogP contribution in [0.4, 0.5) is 24.8 Å². The molecule has 4 aromatic rings. The Kier molecular flexibility index (Phi) is 7.69. The molecule has 13 heteroatoms. The van der Waals surface area contributed by atoms with Gasteiger partial charge in [-0.05, 0) is 41.5 Å². The van der Waals surface area contributed by atoms with Gasteiger partial charge in [-0.3, -0.25) is 0 Å². The zero-order chi connectivity index (χ0) is 27.5. The van der Waals surface area contributed by atoms with Crippen molar-refractivity contribution in [3.05, 3.63) is 102 Å². The van der Waals surface area contributed by atoms with E-state index in [0.717, 1.165) is 36.0 Å². The summed E-state index contributed by atoms with van der Waals surface area (Å²) >= 11 is 0. The number of halogens is 3. The van der Waals surface area contributed by atoms with Crippen molar-refractivity contribution in [3.63, 3.8) is 0 Å². The second kappa shape index (κ2) is 10.8. The number of benzene rings is 3. The number of hydrogen-bond acceptors (Lipinski definition) is 8. The van der Waals surface area contributed by atoms with Crippen LogP contribution in [0.2, 0.25) is 0 Å². The summed E-state index contributed by atoms with van der Waals surface area (Å²) in [6.07, 6.45) is 1.39. The normalized spacial score (nSPS) is 11.8. The largest absolute Gasteiger partial charge is 0.488 e. The average molecular weight is 564 g/mol. The minimum absolute atomic E-state index is 0.0130. The van der Waals surface area contributed by atoms with Crippen LogP contribution < -0.4 is 10.1 Å². The Labute approximate surface area is 216 Å². The first-order valence-corrected chi connectivity index (χ1v) is 15.0. The van der Waals surface area contributed by atoms with Crippen molar-refractivity contribution in [2.24, 2.45) is 0 Å².